The number of ether oxygens (including phenoxy) is 1. The van der Waals surface area contributed by atoms with Crippen molar-refractivity contribution in [2.24, 2.45) is 0 Å². The van der Waals surface area contributed by atoms with Crippen molar-refractivity contribution >= 4 is 27.2 Å². The van der Waals surface area contributed by atoms with E-state index < -0.39 is 16.1 Å². The van der Waals surface area contributed by atoms with Crippen LogP contribution < -0.4 is 4.74 Å². The van der Waals surface area contributed by atoms with Crippen molar-refractivity contribution in [1.29, 1.82) is 0 Å². The number of carbonyl (C=O) groups excluding carboxylic acids is 1. The number of nitrogens with zero attached hydrogens (tertiary/aromatic N) is 2. The lowest BCUT2D eigenvalue weighted by molar-refractivity contribution is 0.199. The number of halogens is 2. The minimum atomic E-state index is -3.63. The Morgan fingerprint density at radius 1 is 1.21 bits per heavy atom. The van der Waals surface area contributed by atoms with E-state index in [0.29, 0.717) is 29.1 Å². The Kier molecular flexibility index (Phi) is 6.79. The molecule has 0 bridgehead atoms. The third-order valence-corrected chi connectivity index (χ3v) is 5.26. The smallest absolute Gasteiger partial charge is 0.483 e. The second kappa shape index (κ2) is 8.87. The van der Waals surface area contributed by atoms with Crippen LogP contribution in [0.5, 0.6) is 5.75 Å². The minimum Gasteiger partial charge on any atom is -0.493 e. The lowest BCUT2D eigenvalue weighted by atomic mass is 10.1. The quantitative estimate of drug-likeness (QED) is 0.637. The van der Waals surface area contributed by atoms with Gasteiger partial charge in [-0.3, -0.25) is 4.98 Å². The van der Waals surface area contributed by atoms with Crippen LogP contribution in [0.1, 0.15) is 23.7 Å². The fourth-order valence-electron chi connectivity index (χ4n) is 2.59. The van der Waals surface area contributed by atoms with Gasteiger partial charge in [0.1, 0.15) is 11.5 Å². The lowest BCUT2D eigenvalue weighted by Crippen LogP contribution is -2.11. The first-order chi connectivity index (χ1) is 13.2. The highest BCUT2D eigenvalue weighted by molar-refractivity contribution is 7.90. The molecule has 150 valence electrons. The summed E-state index contributed by atoms with van der Waals surface area (Å²) >= 11 is 0. The molecule has 2 aromatic heterocycles. The average molecular weight is 411 g/mol. The molecule has 28 heavy (non-hydrogen) atoms. The molecule has 0 amide bonds. The SMILES string of the molecule is CCOc1c(C)cnc(CS(=O)(=O)c2nc3ccccc3[nH]2)c1C.O=C(F)F. The monoisotopic (exact) mass is 411 g/mol. The van der Waals surface area contributed by atoms with E-state index in [1.807, 2.05) is 32.9 Å². The highest BCUT2D eigenvalue weighted by Crippen LogP contribution is 2.27. The van der Waals surface area contributed by atoms with Gasteiger partial charge in [0.2, 0.25) is 15.0 Å². The Labute approximate surface area is 160 Å². The third-order valence-electron chi connectivity index (χ3n) is 3.82. The second-order valence-corrected chi connectivity index (χ2v) is 7.72. The number of hydrogen-bond donors (Lipinski definition) is 1. The van der Waals surface area contributed by atoms with Gasteiger partial charge in [0.05, 0.1) is 23.3 Å². The first-order valence-corrected chi connectivity index (χ1v) is 9.91. The van der Waals surface area contributed by atoms with Crippen LogP contribution in [-0.4, -0.2) is 36.3 Å². The molecule has 3 aromatic rings. The highest BCUT2D eigenvalue weighted by Gasteiger charge is 2.23. The predicted octanol–water partition coefficient (Wildman–Crippen LogP) is 3.99. The molecule has 0 aliphatic carbocycles. The summed E-state index contributed by atoms with van der Waals surface area (Å²) in [6.45, 7) is 6.13. The van der Waals surface area contributed by atoms with Crippen LogP contribution in [0.4, 0.5) is 13.6 Å². The second-order valence-electron chi connectivity index (χ2n) is 5.82. The molecule has 1 aromatic carbocycles. The average Bonchev–Trinajstić information content (AvgIpc) is 3.06. The molecule has 0 fully saturated rings. The summed E-state index contributed by atoms with van der Waals surface area (Å²) in [5, 5.41) is -0.0385. The molecular weight excluding hydrogens is 392 g/mol. The van der Waals surface area contributed by atoms with Gasteiger partial charge in [-0.05, 0) is 32.9 Å². The zero-order chi connectivity index (χ0) is 20.9. The van der Waals surface area contributed by atoms with Crippen LogP contribution in [-0.2, 0) is 15.6 Å². The van der Waals surface area contributed by atoms with Crippen molar-refractivity contribution in [2.75, 3.05) is 6.61 Å². The number of para-hydroxylation sites is 2. The summed E-state index contributed by atoms with van der Waals surface area (Å²) in [5.41, 5.74) is 3.43. The number of benzene rings is 1. The summed E-state index contributed by atoms with van der Waals surface area (Å²) in [5.74, 6) is 0.473. The molecule has 10 heteroatoms. The number of fused-ring (bicyclic) bond motifs is 1. The first-order valence-electron chi connectivity index (χ1n) is 8.26. The van der Waals surface area contributed by atoms with Crippen molar-refractivity contribution in [3.8, 4) is 5.75 Å². The van der Waals surface area contributed by atoms with Gasteiger partial charge in [-0.1, -0.05) is 12.1 Å². The molecule has 0 spiro atoms. The lowest BCUT2D eigenvalue weighted by Gasteiger charge is -2.13. The van der Waals surface area contributed by atoms with Crippen molar-refractivity contribution in [1.82, 2.24) is 15.0 Å². The van der Waals surface area contributed by atoms with E-state index in [9.17, 15) is 17.2 Å². The number of sulfone groups is 1. The fraction of sp³-hybridized carbons (Fsp3) is 0.278. The molecule has 3 rings (SSSR count). The molecule has 0 aliphatic rings. The van der Waals surface area contributed by atoms with E-state index in [1.165, 1.54) is 0 Å². The van der Waals surface area contributed by atoms with Gasteiger partial charge in [0.15, 0.2) is 0 Å². The zero-order valence-electron chi connectivity index (χ0n) is 15.5. The molecule has 0 aliphatic heterocycles. The number of aryl methyl sites for hydroxylation is 1. The molecule has 0 saturated heterocycles. The number of H-pyrrole nitrogens is 1. The van der Waals surface area contributed by atoms with E-state index in [0.717, 1.165) is 11.1 Å². The van der Waals surface area contributed by atoms with E-state index >= 15 is 0 Å². The maximum atomic E-state index is 12.7. The number of pyridine rings is 1. The van der Waals surface area contributed by atoms with E-state index in [4.69, 9.17) is 9.53 Å². The molecule has 2 heterocycles. The van der Waals surface area contributed by atoms with Gasteiger partial charge in [-0.2, -0.15) is 0 Å². The summed E-state index contributed by atoms with van der Waals surface area (Å²) in [4.78, 5) is 19.4. The van der Waals surface area contributed by atoms with Gasteiger partial charge < -0.3 is 9.72 Å². The molecule has 0 radical (unpaired) electrons. The van der Waals surface area contributed by atoms with Crippen molar-refractivity contribution in [3.63, 3.8) is 0 Å². The topological polar surface area (TPSA) is 102 Å². The van der Waals surface area contributed by atoms with E-state index in [2.05, 4.69) is 15.0 Å². The third kappa shape index (κ3) is 5.10. The molecular formula is C18H19F2N3O4S. The number of hydrogen-bond acceptors (Lipinski definition) is 6. The molecule has 7 nitrogen and oxygen atoms in total. The van der Waals surface area contributed by atoms with Crippen molar-refractivity contribution < 1.29 is 26.7 Å². The number of aromatic amines is 1. The Morgan fingerprint density at radius 2 is 1.86 bits per heavy atom. The van der Waals surface area contributed by atoms with Gasteiger partial charge in [-0.25, -0.2) is 18.2 Å². The Balaban J connectivity index is 0.000000640. The summed E-state index contributed by atoms with van der Waals surface area (Å²) in [6, 6.07) is 7.22. The maximum absolute atomic E-state index is 12.7. The largest absolute Gasteiger partial charge is 0.493 e. The number of imidazole rings is 1. The van der Waals surface area contributed by atoms with Crippen LogP contribution in [0.25, 0.3) is 11.0 Å². The number of carbonyl (C=O) groups is 1. The number of nitrogens with one attached hydrogen (secondary N) is 1. The van der Waals surface area contributed by atoms with Gasteiger partial charge in [0.25, 0.3) is 0 Å². The summed E-state index contributed by atoms with van der Waals surface area (Å²) < 4.78 is 50.4. The highest BCUT2D eigenvalue weighted by atomic mass is 32.2. The van der Waals surface area contributed by atoms with Crippen LogP contribution in [0.2, 0.25) is 0 Å². The molecule has 0 unspecified atom stereocenters. The predicted molar refractivity (Wildman–Crippen MR) is 99.5 cm³/mol. The standard InChI is InChI=1S/C17H19N3O3S.CF2O/c1-4-23-16-11(2)9-18-15(12(16)3)10-24(21,22)17-19-13-7-5-6-8-14(13)20-17;2-1(3)4/h5-9H,4,10H2,1-3H3,(H,19,20);. The summed E-state index contributed by atoms with van der Waals surface area (Å²) in [6.07, 6.45) is -1.19. The minimum absolute atomic E-state index is 0.0385. The van der Waals surface area contributed by atoms with E-state index in [1.54, 1.807) is 18.3 Å². The molecule has 0 atom stereocenters. The van der Waals surface area contributed by atoms with Crippen molar-refractivity contribution in [3.05, 3.63) is 47.3 Å². The van der Waals surface area contributed by atoms with Crippen molar-refractivity contribution in [2.45, 2.75) is 31.7 Å². The normalized spacial score (nSPS) is 11.0. The van der Waals surface area contributed by atoms with Gasteiger partial charge >= 0.3 is 6.29 Å². The first kappa shape index (κ1) is 21.4. The summed E-state index contributed by atoms with van der Waals surface area (Å²) in [7, 11) is -3.63. The number of aromatic nitrogens is 3. The van der Waals surface area contributed by atoms with Gasteiger partial charge in [-0.15, -0.1) is 8.78 Å². The Bertz CT molecular complexity index is 1060. The van der Waals surface area contributed by atoms with Crippen LogP contribution >= 0.6 is 0 Å². The maximum Gasteiger partial charge on any atom is 0.483 e. The Morgan fingerprint density at radius 3 is 2.46 bits per heavy atom. The fourth-order valence-corrected chi connectivity index (χ4v) is 3.88. The van der Waals surface area contributed by atoms with Crippen LogP contribution in [0.15, 0.2) is 35.6 Å². The number of rotatable bonds is 5. The van der Waals surface area contributed by atoms with E-state index in [-0.39, 0.29) is 10.9 Å². The zero-order valence-corrected chi connectivity index (χ0v) is 16.3. The van der Waals surface area contributed by atoms with Crippen LogP contribution in [0.3, 0.4) is 0 Å². The molecule has 1 N–H and O–H groups in total. The molecule has 0 saturated carbocycles. The Hall–Kier alpha value is -2.88. The van der Waals surface area contributed by atoms with Gasteiger partial charge in [0, 0.05) is 17.3 Å². The van der Waals surface area contributed by atoms with Crippen LogP contribution in [0, 0.1) is 13.8 Å².